The SMILES string of the molecule is CCC.NCc1ccccn1. The standard InChI is InChI=1S/C6H8N2.C3H8/c7-5-6-3-1-2-4-8-6;1-3-2/h1-4H,5,7H2;3H2,1-2H3. The van der Waals surface area contributed by atoms with Gasteiger partial charge in [0.15, 0.2) is 0 Å². The van der Waals surface area contributed by atoms with Crippen molar-refractivity contribution in [1.82, 2.24) is 4.98 Å². The van der Waals surface area contributed by atoms with E-state index in [-0.39, 0.29) is 0 Å². The van der Waals surface area contributed by atoms with Gasteiger partial charge in [-0.05, 0) is 12.1 Å². The predicted molar refractivity (Wildman–Crippen MR) is 48.1 cm³/mol. The lowest BCUT2D eigenvalue weighted by atomic mass is 10.4. The molecule has 11 heavy (non-hydrogen) atoms. The quantitative estimate of drug-likeness (QED) is 0.668. The molecule has 0 radical (unpaired) electrons. The first kappa shape index (κ1) is 10.1. The van der Waals surface area contributed by atoms with E-state index in [1.54, 1.807) is 6.20 Å². The van der Waals surface area contributed by atoms with Crippen molar-refractivity contribution >= 4 is 0 Å². The largest absolute Gasteiger partial charge is 0.325 e. The van der Waals surface area contributed by atoms with Crippen LogP contribution in [-0.2, 0) is 6.54 Å². The highest BCUT2D eigenvalue weighted by Gasteiger charge is 1.81. The molecule has 0 aliphatic carbocycles. The van der Waals surface area contributed by atoms with Gasteiger partial charge in [-0.25, -0.2) is 0 Å². The number of pyridine rings is 1. The molecule has 62 valence electrons. The van der Waals surface area contributed by atoms with Crippen LogP contribution < -0.4 is 5.73 Å². The minimum atomic E-state index is 0.529. The molecule has 0 unspecified atom stereocenters. The Morgan fingerprint density at radius 3 is 2.27 bits per heavy atom. The van der Waals surface area contributed by atoms with Gasteiger partial charge in [-0.3, -0.25) is 4.98 Å². The summed E-state index contributed by atoms with van der Waals surface area (Å²) in [5.74, 6) is 0. The second kappa shape index (κ2) is 7.22. The van der Waals surface area contributed by atoms with Gasteiger partial charge in [0.2, 0.25) is 0 Å². The van der Waals surface area contributed by atoms with Gasteiger partial charge in [-0.15, -0.1) is 0 Å². The monoisotopic (exact) mass is 152 g/mol. The van der Waals surface area contributed by atoms with Crippen LogP contribution in [0.1, 0.15) is 26.0 Å². The van der Waals surface area contributed by atoms with E-state index in [0.717, 1.165) is 5.69 Å². The summed E-state index contributed by atoms with van der Waals surface area (Å²) in [4.78, 5) is 3.97. The predicted octanol–water partition coefficient (Wildman–Crippen LogP) is 1.96. The maximum absolute atomic E-state index is 5.29. The fraction of sp³-hybridized carbons (Fsp3) is 0.444. The van der Waals surface area contributed by atoms with Crippen molar-refractivity contribution in [1.29, 1.82) is 0 Å². The third-order valence-electron chi connectivity index (χ3n) is 0.935. The summed E-state index contributed by atoms with van der Waals surface area (Å²) in [5, 5.41) is 0. The van der Waals surface area contributed by atoms with Crippen molar-refractivity contribution in [3.05, 3.63) is 30.1 Å². The van der Waals surface area contributed by atoms with Gasteiger partial charge in [0.05, 0.1) is 5.69 Å². The van der Waals surface area contributed by atoms with Gasteiger partial charge in [-0.2, -0.15) is 0 Å². The molecular formula is C9H16N2. The van der Waals surface area contributed by atoms with E-state index in [0.29, 0.717) is 6.54 Å². The molecule has 1 aromatic heterocycles. The summed E-state index contributed by atoms with van der Waals surface area (Å²) in [6.45, 7) is 4.78. The zero-order valence-electron chi connectivity index (χ0n) is 7.25. The molecule has 0 saturated carbocycles. The molecule has 1 aromatic rings. The van der Waals surface area contributed by atoms with Crippen LogP contribution >= 0.6 is 0 Å². The molecule has 0 aliphatic rings. The fourth-order valence-electron chi connectivity index (χ4n) is 0.519. The first-order chi connectivity index (χ1) is 5.35. The molecule has 0 aliphatic heterocycles. The molecule has 0 fully saturated rings. The third-order valence-corrected chi connectivity index (χ3v) is 0.935. The zero-order valence-corrected chi connectivity index (χ0v) is 7.25. The lowest BCUT2D eigenvalue weighted by Gasteiger charge is -1.89. The zero-order chi connectivity index (χ0) is 8.53. The second-order valence-corrected chi connectivity index (χ2v) is 2.23. The molecule has 0 aromatic carbocycles. The Morgan fingerprint density at radius 2 is 2.00 bits per heavy atom. The Balaban J connectivity index is 0.000000292. The Hall–Kier alpha value is -0.890. The maximum atomic E-state index is 5.29. The normalized spacial score (nSPS) is 8.27. The van der Waals surface area contributed by atoms with Gasteiger partial charge in [0.1, 0.15) is 0 Å². The summed E-state index contributed by atoms with van der Waals surface area (Å²) in [7, 11) is 0. The number of aromatic nitrogens is 1. The second-order valence-electron chi connectivity index (χ2n) is 2.23. The lowest BCUT2D eigenvalue weighted by molar-refractivity contribution is 0.991. The van der Waals surface area contributed by atoms with Gasteiger partial charge in [0.25, 0.3) is 0 Å². The minimum Gasteiger partial charge on any atom is -0.325 e. The van der Waals surface area contributed by atoms with E-state index in [9.17, 15) is 0 Å². The summed E-state index contributed by atoms with van der Waals surface area (Å²) in [6, 6.07) is 5.70. The molecule has 0 atom stereocenters. The van der Waals surface area contributed by atoms with Gasteiger partial charge in [-0.1, -0.05) is 26.3 Å². The minimum absolute atomic E-state index is 0.529. The van der Waals surface area contributed by atoms with Crippen molar-refractivity contribution in [2.24, 2.45) is 5.73 Å². The van der Waals surface area contributed by atoms with Crippen molar-refractivity contribution in [3.63, 3.8) is 0 Å². The molecule has 2 heteroatoms. The van der Waals surface area contributed by atoms with E-state index >= 15 is 0 Å². The maximum Gasteiger partial charge on any atom is 0.0539 e. The number of hydrogen-bond acceptors (Lipinski definition) is 2. The van der Waals surface area contributed by atoms with Crippen LogP contribution in [0, 0.1) is 0 Å². The molecular weight excluding hydrogens is 136 g/mol. The van der Waals surface area contributed by atoms with E-state index in [1.165, 1.54) is 6.42 Å². The van der Waals surface area contributed by atoms with Crippen molar-refractivity contribution in [2.45, 2.75) is 26.8 Å². The Labute approximate surface area is 68.5 Å². The van der Waals surface area contributed by atoms with Gasteiger partial charge in [0, 0.05) is 12.7 Å². The van der Waals surface area contributed by atoms with Crippen molar-refractivity contribution in [2.75, 3.05) is 0 Å². The van der Waals surface area contributed by atoms with Gasteiger partial charge < -0.3 is 5.73 Å². The van der Waals surface area contributed by atoms with Gasteiger partial charge >= 0.3 is 0 Å². The smallest absolute Gasteiger partial charge is 0.0539 e. The third kappa shape index (κ3) is 5.55. The lowest BCUT2D eigenvalue weighted by Crippen LogP contribution is -1.97. The number of nitrogens with two attached hydrogens (primary N) is 1. The first-order valence-corrected chi connectivity index (χ1v) is 3.95. The number of hydrogen-bond donors (Lipinski definition) is 1. The topological polar surface area (TPSA) is 38.9 Å². The average molecular weight is 152 g/mol. The van der Waals surface area contributed by atoms with E-state index in [1.807, 2.05) is 18.2 Å². The van der Waals surface area contributed by atoms with Crippen LogP contribution in [-0.4, -0.2) is 4.98 Å². The van der Waals surface area contributed by atoms with Crippen LogP contribution in [0.25, 0.3) is 0 Å². The molecule has 0 spiro atoms. The highest BCUT2D eigenvalue weighted by atomic mass is 14.7. The molecule has 0 bridgehead atoms. The molecule has 0 saturated heterocycles. The molecule has 1 rings (SSSR count). The van der Waals surface area contributed by atoms with Crippen molar-refractivity contribution in [3.8, 4) is 0 Å². The van der Waals surface area contributed by atoms with Crippen LogP contribution in [0.15, 0.2) is 24.4 Å². The molecule has 2 N–H and O–H groups in total. The summed E-state index contributed by atoms with van der Waals surface area (Å²) >= 11 is 0. The van der Waals surface area contributed by atoms with Crippen LogP contribution in [0.5, 0.6) is 0 Å². The highest BCUT2D eigenvalue weighted by Crippen LogP contribution is 1.88. The number of rotatable bonds is 1. The summed E-state index contributed by atoms with van der Waals surface area (Å²) in [5.41, 5.74) is 6.22. The van der Waals surface area contributed by atoms with E-state index < -0.39 is 0 Å². The highest BCUT2D eigenvalue weighted by molar-refractivity contribution is 5.02. The average Bonchev–Trinajstić information content (AvgIpc) is 2.08. The Bertz CT molecular complexity index is 160. The molecule has 2 nitrogen and oxygen atoms in total. The van der Waals surface area contributed by atoms with E-state index in [4.69, 9.17) is 5.73 Å². The number of nitrogens with zero attached hydrogens (tertiary/aromatic N) is 1. The van der Waals surface area contributed by atoms with Crippen LogP contribution in [0.2, 0.25) is 0 Å². The van der Waals surface area contributed by atoms with Crippen molar-refractivity contribution < 1.29 is 0 Å². The van der Waals surface area contributed by atoms with Crippen LogP contribution in [0.3, 0.4) is 0 Å². The molecule has 1 heterocycles. The Morgan fingerprint density at radius 1 is 1.36 bits per heavy atom. The summed E-state index contributed by atoms with van der Waals surface area (Å²) in [6.07, 6.45) is 2.99. The summed E-state index contributed by atoms with van der Waals surface area (Å²) < 4.78 is 0. The Kier molecular flexibility index (Phi) is 6.64. The fourth-order valence-corrected chi connectivity index (χ4v) is 0.519. The molecule has 0 amide bonds. The van der Waals surface area contributed by atoms with Crippen LogP contribution in [0.4, 0.5) is 0 Å². The van der Waals surface area contributed by atoms with E-state index in [2.05, 4.69) is 18.8 Å². The first-order valence-electron chi connectivity index (χ1n) is 3.95.